The number of hydrogen-bond acceptors (Lipinski definition) is 4. The van der Waals surface area contributed by atoms with E-state index in [0.717, 1.165) is 12.8 Å². The molecule has 5 rings (SSSR count). The van der Waals surface area contributed by atoms with Gasteiger partial charge in [0.05, 0.1) is 11.2 Å². The quantitative estimate of drug-likeness (QED) is 0.0911. The minimum absolute atomic E-state index is 0.0387. The Bertz CT molecular complexity index is 1690. The van der Waals surface area contributed by atoms with Gasteiger partial charge < -0.3 is 20.8 Å². The molecule has 4 atom stereocenters. The van der Waals surface area contributed by atoms with Crippen molar-refractivity contribution in [1.82, 2.24) is 4.90 Å². The lowest BCUT2D eigenvalue weighted by atomic mass is 9.79. The molecule has 0 saturated heterocycles. The Morgan fingerprint density at radius 1 is 0.647 bits per heavy atom. The van der Waals surface area contributed by atoms with Crippen LogP contribution < -0.4 is 5.73 Å². The Morgan fingerprint density at radius 3 is 1.41 bits per heavy atom. The molecule has 4 N–H and O–H groups in total. The number of rotatable bonds is 18. The molecule has 0 aromatic heterocycles. The van der Waals surface area contributed by atoms with Crippen LogP contribution >= 0.6 is 0 Å². The van der Waals surface area contributed by atoms with Gasteiger partial charge in [-0.05, 0) is 108 Å². The van der Waals surface area contributed by atoms with Gasteiger partial charge in [0, 0.05) is 13.1 Å². The van der Waals surface area contributed by atoms with Crippen LogP contribution in [0, 0.1) is 29.1 Å². The molecule has 6 nitrogen and oxygen atoms in total. The predicted molar refractivity (Wildman–Crippen MR) is 209 cm³/mol. The molecular weight excluding hydrogens is 633 g/mol. The average Bonchev–Trinajstić information content (AvgIpc) is 3.86. The highest BCUT2D eigenvalue weighted by molar-refractivity contribution is 6.07. The van der Waals surface area contributed by atoms with E-state index in [0.29, 0.717) is 38.5 Å². The fourth-order valence-electron chi connectivity index (χ4n) is 8.98. The standard InChI is InChI=1S/C45H60N2O4/c1-31(2)25-43(50,27-33(5)23-37-17-11-15-35-13-7-9-19-39(35)37)29-47(42(49)45(21-22-45)41(46)48)30-44(51,26-32(3)4)28-34(6)24-38-18-12-16-36-14-8-10-20-40(36)38/h7-20,31-34,50-51H,21-30H2,1-6H3,(H2,46,48). The van der Waals surface area contributed by atoms with Crippen molar-refractivity contribution in [2.75, 3.05) is 13.1 Å². The molecule has 6 heteroatoms. The number of carbonyl (C=O) groups is 2. The van der Waals surface area contributed by atoms with Crippen molar-refractivity contribution in [3.63, 3.8) is 0 Å². The molecule has 4 aromatic rings. The first-order chi connectivity index (χ1) is 24.1. The van der Waals surface area contributed by atoms with Gasteiger partial charge in [-0.3, -0.25) is 9.59 Å². The minimum Gasteiger partial charge on any atom is -0.388 e. The Balaban J connectivity index is 1.42. The maximum absolute atomic E-state index is 14.4. The van der Waals surface area contributed by atoms with Gasteiger partial charge in [0.25, 0.3) is 0 Å². The average molecular weight is 693 g/mol. The molecule has 4 aromatic carbocycles. The molecule has 1 aliphatic rings. The third kappa shape index (κ3) is 9.58. The fourth-order valence-corrected chi connectivity index (χ4v) is 8.98. The number of amides is 2. The van der Waals surface area contributed by atoms with Crippen LogP contribution in [0.5, 0.6) is 0 Å². The van der Waals surface area contributed by atoms with E-state index in [1.165, 1.54) is 32.7 Å². The highest BCUT2D eigenvalue weighted by atomic mass is 16.3. The van der Waals surface area contributed by atoms with E-state index in [1.807, 2.05) is 12.1 Å². The van der Waals surface area contributed by atoms with E-state index in [4.69, 9.17) is 5.73 Å². The summed E-state index contributed by atoms with van der Waals surface area (Å²) < 4.78 is 0. The summed E-state index contributed by atoms with van der Waals surface area (Å²) in [6, 6.07) is 29.5. The first kappa shape index (κ1) is 38.5. The number of fused-ring (bicyclic) bond motifs is 2. The van der Waals surface area contributed by atoms with Crippen LogP contribution in [0.2, 0.25) is 0 Å². The van der Waals surface area contributed by atoms with Crippen molar-refractivity contribution in [1.29, 1.82) is 0 Å². The molecule has 0 radical (unpaired) electrons. The zero-order valence-electron chi connectivity index (χ0n) is 31.7. The lowest BCUT2D eigenvalue weighted by Gasteiger charge is -2.43. The molecule has 1 aliphatic carbocycles. The molecule has 0 aliphatic heterocycles. The van der Waals surface area contributed by atoms with E-state index in [9.17, 15) is 19.8 Å². The Labute approximate surface area is 305 Å². The fraction of sp³-hybridized carbons (Fsp3) is 0.511. The first-order valence-corrected chi connectivity index (χ1v) is 19.1. The van der Waals surface area contributed by atoms with Gasteiger partial charge in [-0.15, -0.1) is 0 Å². The van der Waals surface area contributed by atoms with Crippen molar-refractivity contribution in [3.05, 3.63) is 96.1 Å². The molecule has 0 heterocycles. The highest BCUT2D eigenvalue weighted by Crippen LogP contribution is 2.48. The second-order valence-electron chi connectivity index (χ2n) is 17.1. The second kappa shape index (κ2) is 15.9. The molecule has 0 bridgehead atoms. The van der Waals surface area contributed by atoms with Gasteiger partial charge in [-0.25, -0.2) is 0 Å². The molecule has 274 valence electrons. The molecule has 4 unspecified atom stereocenters. The van der Waals surface area contributed by atoms with E-state index in [-0.39, 0.29) is 42.7 Å². The van der Waals surface area contributed by atoms with Crippen LogP contribution in [-0.4, -0.2) is 51.2 Å². The van der Waals surface area contributed by atoms with Crippen LogP contribution in [0.25, 0.3) is 21.5 Å². The molecular formula is C45H60N2O4. The van der Waals surface area contributed by atoms with Crippen LogP contribution in [-0.2, 0) is 22.4 Å². The summed E-state index contributed by atoms with van der Waals surface area (Å²) in [4.78, 5) is 28.8. The van der Waals surface area contributed by atoms with E-state index in [1.54, 1.807) is 4.90 Å². The monoisotopic (exact) mass is 692 g/mol. The van der Waals surface area contributed by atoms with Crippen molar-refractivity contribution in [3.8, 4) is 0 Å². The van der Waals surface area contributed by atoms with Gasteiger partial charge in [-0.2, -0.15) is 0 Å². The van der Waals surface area contributed by atoms with Gasteiger partial charge in [-0.1, -0.05) is 126 Å². The van der Waals surface area contributed by atoms with Crippen LogP contribution in [0.1, 0.15) is 91.2 Å². The first-order valence-electron chi connectivity index (χ1n) is 19.1. The number of aliphatic hydroxyl groups is 2. The Kier molecular flexibility index (Phi) is 12.0. The topological polar surface area (TPSA) is 104 Å². The lowest BCUT2D eigenvalue weighted by molar-refractivity contribution is -0.152. The van der Waals surface area contributed by atoms with Crippen molar-refractivity contribution >= 4 is 33.4 Å². The number of nitrogens with zero attached hydrogens (tertiary/aromatic N) is 1. The molecule has 1 saturated carbocycles. The Hall–Kier alpha value is -3.74. The zero-order chi connectivity index (χ0) is 37.0. The number of primary amides is 1. The van der Waals surface area contributed by atoms with Gasteiger partial charge in [0.2, 0.25) is 11.8 Å². The number of carbonyl (C=O) groups excluding carboxylic acids is 2. The van der Waals surface area contributed by atoms with E-state index < -0.39 is 22.5 Å². The van der Waals surface area contributed by atoms with Crippen molar-refractivity contribution in [2.45, 2.75) is 104 Å². The zero-order valence-corrected chi connectivity index (χ0v) is 31.7. The lowest BCUT2D eigenvalue weighted by Crippen LogP contribution is -2.56. The largest absolute Gasteiger partial charge is 0.388 e. The summed E-state index contributed by atoms with van der Waals surface area (Å²) in [6.45, 7) is 12.7. The number of benzene rings is 4. The summed E-state index contributed by atoms with van der Waals surface area (Å²) in [5.74, 6) is -0.430. The summed E-state index contributed by atoms with van der Waals surface area (Å²) in [6.07, 6.45) is 4.29. The number of nitrogens with two attached hydrogens (primary N) is 1. The number of hydrogen-bond donors (Lipinski definition) is 3. The smallest absolute Gasteiger partial charge is 0.238 e. The van der Waals surface area contributed by atoms with Gasteiger partial charge >= 0.3 is 0 Å². The van der Waals surface area contributed by atoms with Crippen molar-refractivity contribution < 1.29 is 19.8 Å². The minimum atomic E-state index is -1.26. The summed E-state index contributed by atoms with van der Waals surface area (Å²) in [7, 11) is 0. The summed E-state index contributed by atoms with van der Waals surface area (Å²) in [5.41, 5.74) is 4.62. The summed E-state index contributed by atoms with van der Waals surface area (Å²) >= 11 is 0. The third-order valence-corrected chi connectivity index (χ3v) is 10.8. The van der Waals surface area contributed by atoms with Crippen LogP contribution in [0.4, 0.5) is 0 Å². The van der Waals surface area contributed by atoms with Gasteiger partial charge in [0.15, 0.2) is 0 Å². The van der Waals surface area contributed by atoms with Gasteiger partial charge in [0.1, 0.15) is 5.41 Å². The highest BCUT2D eigenvalue weighted by Gasteiger charge is 2.58. The molecule has 0 spiro atoms. The normalized spacial score (nSPS) is 17.6. The maximum atomic E-state index is 14.4. The maximum Gasteiger partial charge on any atom is 0.238 e. The predicted octanol–water partition coefficient (Wildman–Crippen LogP) is 8.48. The van der Waals surface area contributed by atoms with Crippen LogP contribution in [0.15, 0.2) is 84.9 Å². The second-order valence-corrected chi connectivity index (χ2v) is 17.1. The molecule has 1 fully saturated rings. The SMILES string of the molecule is CC(C)CC(O)(CC(C)Cc1cccc2ccccc12)CN(CC(O)(CC(C)C)CC(C)Cc1cccc2ccccc12)C(=O)C1(C(N)=O)CC1. The van der Waals surface area contributed by atoms with Crippen LogP contribution in [0.3, 0.4) is 0 Å². The third-order valence-electron chi connectivity index (χ3n) is 10.8. The Morgan fingerprint density at radius 2 is 1.04 bits per heavy atom. The molecule has 51 heavy (non-hydrogen) atoms. The molecule has 2 amide bonds. The van der Waals surface area contributed by atoms with E-state index in [2.05, 4.69) is 114 Å². The van der Waals surface area contributed by atoms with E-state index >= 15 is 0 Å². The summed E-state index contributed by atoms with van der Waals surface area (Å²) in [5, 5.41) is 29.9. The van der Waals surface area contributed by atoms with Crippen molar-refractivity contribution in [2.24, 2.45) is 34.8 Å².